The molecule has 16 heavy (non-hydrogen) atoms. The van der Waals surface area contributed by atoms with Gasteiger partial charge in [-0.15, -0.1) is 0 Å². The van der Waals surface area contributed by atoms with Gasteiger partial charge in [0.1, 0.15) is 0 Å². The van der Waals surface area contributed by atoms with E-state index >= 15 is 0 Å². The van der Waals surface area contributed by atoms with Gasteiger partial charge in [-0.3, -0.25) is 4.79 Å². The first kappa shape index (κ1) is 11.3. The van der Waals surface area contributed by atoms with Crippen LogP contribution >= 0.6 is 15.9 Å². The molecule has 0 aromatic carbocycles. The van der Waals surface area contributed by atoms with Crippen molar-refractivity contribution in [1.82, 2.24) is 4.98 Å². The minimum Gasteiger partial charge on any atom is -0.475 e. The summed E-state index contributed by atoms with van der Waals surface area (Å²) in [7, 11) is 0. The third kappa shape index (κ3) is 2.03. The van der Waals surface area contributed by atoms with Crippen LogP contribution in [0.25, 0.3) is 0 Å². The van der Waals surface area contributed by atoms with Crippen LogP contribution in [0.1, 0.15) is 13.8 Å². The molecule has 3 N–H and O–H groups in total. The molecule has 0 spiro atoms. The Bertz CT molecular complexity index is 442. The minimum atomic E-state index is -0.746. The van der Waals surface area contributed by atoms with Crippen LogP contribution < -0.4 is 15.8 Å². The maximum atomic E-state index is 11.7. The average Bonchev–Trinajstić information content (AvgIpc) is 2.16. The Morgan fingerprint density at radius 1 is 1.62 bits per heavy atom. The van der Waals surface area contributed by atoms with Crippen molar-refractivity contribution in [2.75, 3.05) is 5.32 Å². The molecule has 1 aromatic rings. The van der Waals surface area contributed by atoms with Gasteiger partial charge in [0.25, 0.3) is 5.91 Å². The van der Waals surface area contributed by atoms with Crippen molar-refractivity contribution < 1.29 is 9.53 Å². The number of halogens is 1. The van der Waals surface area contributed by atoms with Crippen molar-refractivity contribution in [3.8, 4) is 5.75 Å². The van der Waals surface area contributed by atoms with Crippen LogP contribution in [0.15, 0.2) is 16.7 Å². The Morgan fingerprint density at radius 3 is 2.94 bits per heavy atom. The summed E-state index contributed by atoms with van der Waals surface area (Å²) in [4.78, 5) is 15.8. The summed E-state index contributed by atoms with van der Waals surface area (Å²) in [5.74, 6) is 0.682. The maximum absolute atomic E-state index is 11.7. The standard InChI is InChI=1S/C10H12BrN3O2/c1-10(2,12)7-9(15)14-8-6(16-7)3-5(11)4-13-8/h3-4,7H,12H2,1-2H3,(H,13,14,15). The van der Waals surface area contributed by atoms with Gasteiger partial charge >= 0.3 is 0 Å². The molecule has 0 bridgehead atoms. The summed E-state index contributed by atoms with van der Waals surface area (Å²) in [6.45, 7) is 3.49. The fourth-order valence-electron chi connectivity index (χ4n) is 1.46. The topological polar surface area (TPSA) is 77.2 Å². The van der Waals surface area contributed by atoms with Gasteiger partial charge in [-0.05, 0) is 35.8 Å². The summed E-state index contributed by atoms with van der Waals surface area (Å²) in [6, 6.07) is 1.75. The fourth-order valence-corrected chi connectivity index (χ4v) is 1.77. The van der Waals surface area contributed by atoms with E-state index in [4.69, 9.17) is 10.5 Å². The normalized spacial score (nSPS) is 19.8. The molecular formula is C10H12BrN3O2. The Labute approximate surface area is 102 Å². The highest BCUT2D eigenvalue weighted by atomic mass is 79.9. The first-order chi connectivity index (χ1) is 7.38. The van der Waals surface area contributed by atoms with Crippen molar-refractivity contribution in [3.63, 3.8) is 0 Å². The third-order valence-electron chi connectivity index (χ3n) is 2.22. The largest absolute Gasteiger partial charge is 0.475 e. The Hall–Kier alpha value is -1.14. The van der Waals surface area contributed by atoms with E-state index in [0.717, 1.165) is 4.47 Å². The molecule has 5 nitrogen and oxygen atoms in total. The number of aromatic nitrogens is 1. The van der Waals surface area contributed by atoms with Crippen LogP contribution in [0.3, 0.4) is 0 Å². The van der Waals surface area contributed by atoms with Crippen molar-refractivity contribution in [1.29, 1.82) is 0 Å². The molecule has 6 heteroatoms. The van der Waals surface area contributed by atoms with E-state index in [1.165, 1.54) is 0 Å². The van der Waals surface area contributed by atoms with Crippen LogP contribution in [-0.2, 0) is 4.79 Å². The molecule has 0 radical (unpaired) electrons. The molecule has 1 atom stereocenters. The van der Waals surface area contributed by atoms with Crippen LogP contribution in [0, 0.1) is 0 Å². The number of pyridine rings is 1. The van der Waals surface area contributed by atoms with Gasteiger partial charge in [0.15, 0.2) is 17.7 Å². The highest BCUT2D eigenvalue weighted by molar-refractivity contribution is 9.10. The lowest BCUT2D eigenvalue weighted by Crippen LogP contribution is -2.56. The number of hydrogen-bond donors (Lipinski definition) is 2. The molecule has 0 aliphatic carbocycles. The quantitative estimate of drug-likeness (QED) is 0.815. The molecule has 1 aliphatic rings. The molecule has 1 aliphatic heterocycles. The lowest BCUT2D eigenvalue weighted by Gasteiger charge is -2.33. The van der Waals surface area contributed by atoms with Gasteiger partial charge in [0.05, 0.1) is 5.54 Å². The summed E-state index contributed by atoms with van der Waals surface area (Å²) >= 11 is 3.29. The monoisotopic (exact) mass is 285 g/mol. The van der Waals surface area contributed by atoms with Crippen LogP contribution in [0.2, 0.25) is 0 Å². The SMILES string of the molecule is CC(C)(N)C1Oc2cc(Br)cnc2NC1=O. The van der Waals surface area contributed by atoms with Crippen molar-refractivity contribution >= 4 is 27.7 Å². The molecule has 1 unspecified atom stereocenters. The van der Waals surface area contributed by atoms with Gasteiger partial charge in [-0.1, -0.05) is 0 Å². The Balaban J connectivity index is 2.37. The third-order valence-corrected chi connectivity index (χ3v) is 2.65. The van der Waals surface area contributed by atoms with Crippen LogP contribution in [0.5, 0.6) is 5.75 Å². The second kappa shape index (κ2) is 3.71. The first-order valence-corrected chi connectivity index (χ1v) is 5.59. The number of nitrogens with two attached hydrogens (primary N) is 1. The number of carbonyl (C=O) groups excluding carboxylic acids is 1. The Morgan fingerprint density at radius 2 is 2.31 bits per heavy atom. The second-order valence-corrected chi connectivity index (χ2v) is 5.22. The second-order valence-electron chi connectivity index (χ2n) is 4.31. The van der Waals surface area contributed by atoms with E-state index in [1.54, 1.807) is 26.1 Å². The summed E-state index contributed by atoms with van der Waals surface area (Å²) in [5.41, 5.74) is 5.13. The number of rotatable bonds is 1. The molecule has 2 rings (SSSR count). The highest BCUT2D eigenvalue weighted by Gasteiger charge is 2.38. The molecule has 0 saturated carbocycles. The number of fused-ring (bicyclic) bond motifs is 1. The number of nitrogens with one attached hydrogen (secondary N) is 1. The molecule has 2 heterocycles. The summed E-state index contributed by atoms with van der Waals surface area (Å²) in [5, 5.41) is 2.67. The van der Waals surface area contributed by atoms with Crippen molar-refractivity contribution in [3.05, 3.63) is 16.7 Å². The summed E-state index contributed by atoms with van der Waals surface area (Å²) in [6.07, 6.45) is 0.882. The number of ether oxygens (including phenoxy) is 1. The van der Waals surface area contributed by atoms with E-state index in [9.17, 15) is 4.79 Å². The zero-order valence-electron chi connectivity index (χ0n) is 8.95. The molecule has 1 aromatic heterocycles. The van der Waals surface area contributed by atoms with Gasteiger partial charge < -0.3 is 15.8 Å². The van der Waals surface area contributed by atoms with Gasteiger partial charge in [0, 0.05) is 10.7 Å². The minimum absolute atomic E-state index is 0.269. The zero-order chi connectivity index (χ0) is 11.9. The summed E-state index contributed by atoms with van der Waals surface area (Å²) < 4.78 is 6.35. The Kier molecular flexibility index (Phi) is 2.63. The predicted molar refractivity (Wildman–Crippen MR) is 63.2 cm³/mol. The maximum Gasteiger partial charge on any atom is 0.268 e. The molecule has 1 amide bonds. The van der Waals surface area contributed by atoms with Gasteiger partial charge in [-0.2, -0.15) is 0 Å². The van der Waals surface area contributed by atoms with Gasteiger partial charge in [-0.25, -0.2) is 4.98 Å². The number of hydrogen-bond acceptors (Lipinski definition) is 4. The molecule has 86 valence electrons. The molecular weight excluding hydrogens is 274 g/mol. The first-order valence-electron chi connectivity index (χ1n) is 4.80. The van der Waals surface area contributed by atoms with E-state index in [2.05, 4.69) is 26.2 Å². The number of anilines is 1. The molecule has 0 saturated heterocycles. The fraction of sp³-hybridized carbons (Fsp3) is 0.400. The van der Waals surface area contributed by atoms with Crippen molar-refractivity contribution in [2.45, 2.75) is 25.5 Å². The number of carbonyl (C=O) groups is 1. The average molecular weight is 286 g/mol. The zero-order valence-corrected chi connectivity index (χ0v) is 10.5. The molecule has 0 fully saturated rings. The van der Waals surface area contributed by atoms with E-state index in [0.29, 0.717) is 11.6 Å². The van der Waals surface area contributed by atoms with E-state index in [-0.39, 0.29) is 5.91 Å². The van der Waals surface area contributed by atoms with Crippen LogP contribution in [-0.4, -0.2) is 22.5 Å². The smallest absolute Gasteiger partial charge is 0.268 e. The predicted octanol–water partition coefficient (Wildman–Crippen LogP) is 1.28. The van der Waals surface area contributed by atoms with E-state index < -0.39 is 11.6 Å². The van der Waals surface area contributed by atoms with Crippen LogP contribution in [0.4, 0.5) is 5.82 Å². The van der Waals surface area contributed by atoms with Gasteiger partial charge in [0.2, 0.25) is 0 Å². The van der Waals surface area contributed by atoms with E-state index in [1.807, 2.05) is 0 Å². The highest BCUT2D eigenvalue weighted by Crippen LogP contribution is 2.31. The number of amides is 1. The number of nitrogens with zero attached hydrogens (tertiary/aromatic N) is 1. The van der Waals surface area contributed by atoms with Crippen molar-refractivity contribution in [2.24, 2.45) is 5.73 Å². The lowest BCUT2D eigenvalue weighted by atomic mass is 9.97. The lowest BCUT2D eigenvalue weighted by molar-refractivity contribution is -0.126.